The Morgan fingerprint density at radius 2 is 1.75 bits per heavy atom. The zero-order valence-electron chi connectivity index (χ0n) is 14.6. The van der Waals surface area contributed by atoms with E-state index in [1.165, 1.54) is 0 Å². The molecule has 7 heteroatoms. The molecule has 0 saturated heterocycles. The first-order valence-corrected chi connectivity index (χ1v) is 10.2. The molecule has 0 saturated carbocycles. The third kappa shape index (κ3) is 5.92. The van der Waals surface area contributed by atoms with Crippen molar-refractivity contribution in [3.8, 4) is 5.75 Å². The molecule has 3 aromatic carbocycles. The first-order chi connectivity index (χ1) is 13.5. The van der Waals surface area contributed by atoms with Gasteiger partial charge in [0.05, 0.1) is 10.7 Å². The second kappa shape index (κ2) is 9.86. The standard InChI is InChI=1S/C21H16ClIN2O2S/c22-18-12-16(23)8-11-19(18)24-21(28)25-20(26)15-6-9-17(10-7-15)27-13-14-4-2-1-3-5-14/h1-12H,13H2,(H2,24,25,26,28). The predicted molar refractivity (Wildman–Crippen MR) is 125 cm³/mol. The predicted octanol–water partition coefficient (Wildman–Crippen LogP) is 5.65. The number of rotatable bonds is 5. The number of benzene rings is 3. The zero-order valence-corrected chi connectivity index (χ0v) is 18.3. The molecule has 0 radical (unpaired) electrons. The van der Waals surface area contributed by atoms with Crippen molar-refractivity contribution in [3.63, 3.8) is 0 Å². The van der Waals surface area contributed by atoms with Gasteiger partial charge in [-0.25, -0.2) is 0 Å². The molecule has 0 heterocycles. The molecule has 0 fully saturated rings. The van der Waals surface area contributed by atoms with Gasteiger partial charge in [-0.2, -0.15) is 0 Å². The SMILES string of the molecule is O=C(NC(=S)Nc1ccc(I)cc1Cl)c1ccc(OCc2ccccc2)cc1. The number of carbonyl (C=O) groups excluding carboxylic acids is 1. The van der Waals surface area contributed by atoms with Gasteiger partial charge < -0.3 is 10.1 Å². The monoisotopic (exact) mass is 522 g/mol. The molecule has 0 unspecified atom stereocenters. The second-order valence-electron chi connectivity index (χ2n) is 5.83. The molecule has 0 bridgehead atoms. The molecule has 0 aliphatic carbocycles. The van der Waals surface area contributed by atoms with Gasteiger partial charge in [0, 0.05) is 9.13 Å². The molecule has 3 rings (SSSR count). The molecule has 1 amide bonds. The minimum Gasteiger partial charge on any atom is -0.489 e. The minimum atomic E-state index is -0.311. The summed E-state index contributed by atoms with van der Waals surface area (Å²) in [5.41, 5.74) is 2.19. The van der Waals surface area contributed by atoms with Crippen molar-refractivity contribution in [3.05, 3.63) is 92.5 Å². The fraction of sp³-hybridized carbons (Fsp3) is 0.0476. The van der Waals surface area contributed by atoms with Crippen molar-refractivity contribution < 1.29 is 9.53 Å². The highest BCUT2D eigenvalue weighted by Crippen LogP contribution is 2.23. The summed E-state index contributed by atoms with van der Waals surface area (Å²) < 4.78 is 6.74. The highest BCUT2D eigenvalue weighted by molar-refractivity contribution is 14.1. The van der Waals surface area contributed by atoms with Gasteiger partial charge >= 0.3 is 0 Å². The molecule has 0 spiro atoms. The number of thiocarbonyl (C=S) groups is 1. The number of carbonyl (C=O) groups is 1. The lowest BCUT2D eigenvalue weighted by atomic mass is 10.2. The number of anilines is 1. The van der Waals surface area contributed by atoms with E-state index in [1.807, 2.05) is 42.5 Å². The third-order valence-corrected chi connectivity index (χ3v) is 4.96. The summed E-state index contributed by atoms with van der Waals surface area (Å²) in [5, 5.41) is 6.28. The van der Waals surface area contributed by atoms with Gasteiger partial charge in [0.25, 0.3) is 5.91 Å². The van der Waals surface area contributed by atoms with Crippen molar-refractivity contribution in [2.45, 2.75) is 6.61 Å². The molecule has 28 heavy (non-hydrogen) atoms. The number of hydrogen-bond donors (Lipinski definition) is 2. The van der Waals surface area contributed by atoms with Crippen LogP contribution in [0.1, 0.15) is 15.9 Å². The largest absolute Gasteiger partial charge is 0.489 e. The molecular weight excluding hydrogens is 507 g/mol. The summed E-state index contributed by atoms with van der Waals surface area (Å²) in [6.07, 6.45) is 0. The van der Waals surface area contributed by atoms with E-state index in [1.54, 1.807) is 30.3 Å². The fourth-order valence-corrected chi connectivity index (χ4v) is 3.47. The Hall–Kier alpha value is -2.16. The quantitative estimate of drug-likeness (QED) is 0.336. The van der Waals surface area contributed by atoms with E-state index in [4.69, 9.17) is 28.6 Å². The lowest BCUT2D eigenvalue weighted by Gasteiger charge is -2.11. The van der Waals surface area contributed by atoms with Gasteiger partial charge in [-0.05, 0) is 82.8 Å². The van der Waals surface area contributed by atoms with Crippen LogP contribution in [0, 0.1) is 3.57 Å². The summed E-state index contributed by atoms with van der Waals surface area (Å²) in [6, 6.07) is 22.3. The molecule has 0 aliphatic rings. The van der Waals surface area contributed by atoms with Crippen LogP contribution in [0.5, 0.6) is 5.75 Å². The Bertz CT molecular complexity index is 981. The van der Waals surface area contributed by atoms with E-state index >= 15 is 0 Å². The number of nitrogens with one attached hydrogen (secondary N) is 2. The summed E-state index contributed by atoms with van der Waals surface area (Å²) in [5.74, 6) is 0.375. The van der Waals surface area contributed by atoms with Crippen LogP contribution in [0.2, 0.25) is 5.02 Å². The van der Waals surface area contributed by atoms with Crippen LogP contribution >= 0.6 is 46.4 Å². The summed E-state index contributed by atoms with van der Waals surface area (Å²) in [6.45, 7) is 0.469. The Labute approximate surface area is 187 Å². The Balaban J connectivity index is 1.54. The maximum absolute atomic E-state index is 12.4. The van der Waals surface area contributed by atoms with Gasteiger partial charge in [0.1, 0.15) is 12.4 Å². The zero-order chi connectivity index (χ0) is 19.9. The minimum absolute atomic E-state index is 0.178. The van der Waals surface area contributed by atoms with Crippen LogP contribution in [0.25, 0.3) is 0 Å². The van der Waals surface area contributed by atoms with Crippen LogP contribution in [0.15, 0.2) is 72.8 Å². The molecule has 2 N–H and O–H groups in total. The first kappa shape index (κ1) is 20.6. The molecule has 0 aromatic heterocycles. The number of ether oxygens (including phenoxy) is 1. The van der Waals surface area contributed by atoms with Crippen LogP contribution in [0.3, 0.4) is 0 Å². The van der Waals surface area contributed by atoms with Crippen molar-refractivity contribution in [2.75, 3.05) is 5.32 Å². The highest BCUT2D eigenvalue weighted by atomic mass is 127. The normalized spacial score (nSPS) is 10.2. The number of hydrogen-bond acceptors (Lipinski definition) is 3. The van der Waals surface area contributed by atoms with Gasteiger partial charge in [-0.1, -0.05) is 41.9 Å². The Morgan fingerprint density at radius 3 is 2.43 bits per heavy atom. The molecule has 0 atom stereocenters. The smallest absolute Gasteiger partial charge is 0.257 e. The number of halogens is 2. The number of amides is 1. The average Bonchev–Trinajstić information content (AvgIpc) is 2.69. The Kier molecular flexibility index (Phi) is 7.24. The summed E-state index contributed by atoms with van der Waals surface area (Å²) >= 11 is 13.5. The summed E-state index contributed by atoms with van der Waals surface area (Å²) in [4.78, 5) is 12.4. The molecule has 142 valence electrons. The molecule has 4 nitrogen and oxygen atoms in total. The van der Waals surface area contributed by atoms with E-state index in [0.717, 1.165) is 9.13 Å². The lowest BCUT2D eigenvalue weighted by Crippen LogP contribution is -2.34. The summed E-state index contributed by atoms with van der Waals surface area (Å²) in [7, 11) is 0. The van der Waals surface area contributed by atoms with Gasteiger partial charge in [-0.3, -0.25) is 10.1 Å². The maximum Gasteiger partial charge on any atom is 0.257 e. The van der Waals surface area contributed by atoms with Crippen LogP contribution < -0.4 is 15.4 Å². The maximum atomic E-state index is 12.4. The van der Waals surface area contributed by atoms with Crippen LogP contribution in [-0.2, 0) is 6.61 Å². The molecule has 0 aliphatic heterocycles. The van der Waals surface area contributed by atoms with Crippen LogP contribution in [-0.4, -0.2) is 11.0 Å². The Morgan fingerprint density at radius 1 is 1.04 bits per heavy atom. The van der Waals surface area contributed by atoms with Crippen LogP contribution in [0.4, 0.5) is 5.69 Å². The fourth-order valence-electron chi connectivity index (χ4n) is 2.36. The second-order valence-corrected chi connectivity index (χ2v) is 7.89. The van der Waals surface area contributed by atoms with Crippen molar-refractivity contribution in [1.29, 1.82) is 0 Å². The van der Waals surface area contributed by atoms with Crippen molar-refractivity contribution >= 4 is 63.1 Å². The van der Waals surface area contributed by atoms with E-state index in [0.29, 0.717) is 28.6 Å². The van der Waals surface area contributed by atoms with E-state index in [2.05, 4.69) is 33.2 Å². The first-order valence-electron chi connectivity index (χ1n) is 8.35. The molecule has 3 aromatic rings. The van der Waals surface area contributed by atoms with Gasteiger partial charge in [-0.15, -0.1) is 0 Å². The third-order valence-electron chi connectivity index (χ3n) is 3.77. The average molecular weight is 523 g/mol. The van der Waals surface area contributed by atoms with E-state index in [9.17, 15) is 4.79 Å². The van der Waals surface area contributed by atoms with Crippen molar-refractivity contribution in [1.82, 2.24) is 5.32 Å². The van der Waals surface area contributed by atoms with E-state index < -0.39 is 0 Å². The lowest BCUT2D eigenvalue weighted by molar-refractivity contribution is 0.0977. The van der Waals surface area contributed by atoms with Gasteiger partial charge in [0.15, 0.2) is 5.11 Å². The van der Waals surface area contributed by atoms with E-state index in [-0.39, 0.29) is 11.0 Å². The topological polar surface area (TPSA) is 50.4 Å². The molecular formula is C21H16ClIN2O2S. The van der Waals surface area contributed by atoms with Crippen molar-refractivity contribution in [2.24, 2.45) is 0 Å². The van der Waals surface area contributed by atoms with Gasteiger partial charge in [0.2, 0.25) is 0 Å². The highest BCUT2D eigenvalue weighted by Gasteiger charge is 2.10.